The molecule has 0 aromatic heterocycles. The van der Waals surface area contributed by atoms with Crippen molar-refractivity contribution in [3.8, 4) is 0 Å². The maximum Gasteiger partial charge on any atom is 0.234 e. The molecule has 1 aliphatic rings. The minimum atomic E-state index is -0.111. The van der Waals surface area contributed by atoms with Crippen LogP contribution in [-0.4, -0.2) is 36.0 Å². The second-order valence-corrected chi connectivity index (χ2v) is 5.76. The Hall–Kier alpha value is -0.570. The Bertz CT molecular complexity index is 212. The first kappa shape index (κ1) is 12.5. The Balaban J connectivity index is 2.27. The van der Waals surface area contributed by atoms with Crippen LogP contribution in [0.15, 0.2) is 0 Å². The molecular weight excluding hydrogens is 188 g/mol. The zero-order chi connectivity index (χ0) is 11.5. The van der Waals surface area contributed by atoms with Crippen LogP contribution in [0.4, 0.5) is 0 Å². The maximum atomic E-state index is 11.7. The Kier molecular flexibility index (Phi) is 4.14. The van der Waals surface area contributed by atoms with Gasteiger partial charge in [-0.1, -0.05) is 6.92 Å². The highest BCUT2D eigenvalue weighted by Gasteiger charge is 2.20. The van der Waals surface area contributed by atoms with Crippen LogP contribution in [0.5, 0.6) is 0 Å². The summed E-state index contributed by atoms with van der Waals surface area (Å²) in [5, 5.41) is 3.00. The van der Waals surface area contributed by atoms with E-state index in [4.69, 9.17) is 0 Å². The second-order valence-electron chi connectivity index (χ2n) is 5.76. The predicted molar refractivity (Wildman–Crippen MR) is 62.7 cm³/mol. The number of nitrogens with one attached hydrogen (secondary N) is 1. The molecule has 0 atom stereocenters. The number of likely N-dealkylation sites (tertiary alicyclic amines) is 1. The van der Waals surface area contributed by atoms with Crippen molar-refractivity contribution < 1.29 is 4.79 Å². The highest BCUT2D eigenvalue weighted by atomic mass is 16.2. The van der Waals surface area contributed by atoms with Crippen molar-refractivity contribution in [1.82, 2.24) is 10.2 Å². The summed E-state index contributed by atoms with van der Waals surface area (Å²) in [6.45, 7) is 11.0. The molecule has 0 bridgehead atoms. The van der Waals surface area contributed by atoms with Gasteiger partial charge < -0.3 is 5.32 Å². The molecule has 0 unspecified atom stereocenters. The van der Waals surface area contributed by atoms with Crippen molar-refractivity contribution in [3.63, 3.8) is 0 Å². The van der Waals surface area contributed by atoms with E-state index in [9.17, 15) is 4.79 Å². The number of carbonyl (C=O) groups excluding carboxylic acids is 1. The van der Waals surface area contributed by atoms with E-state index in [1.165, 1.54) is 12.8 Å². The molecule has 1 saturated heterocycles. The van der Waals surface area contributed by atoms with Gasteiger partial charge in [-0.25, -0.2) is 0 Å². The number of amides is 1. The van der Waals surface area contributed by atoms with Crippen LogP contribution in [0.1, 0.15) is 40.5 Å². The topological polar surface area (TPSA) is 32.3 Å². The van der Waals surface area contributed by atoms with Crippen molar-refractivity contribution in [1.29, 1.82) is 0 Å². The van der Waals surface area contributed by atoms with Crippen LogP contribution in [0.3, 0.4) is 0 Å². The van der Waals surface area contributed by atoms with Crippen molar-refractivity contribution in [2.24, 2.45) is 5.92 Å². The largest absolute Gasteiger partial charge is 0.350 e. The van der Waals surface area contributed by atoms with E-state index >= 15 is 0 Å². The molecule has 1 rings (SSSR count). The number of hydrogen-bond acceptors (Lipinski definition) is 2. The fourth-order valence-electron chi connectivity index (χ4n) is 1.88. The van der Waals surface area contributed by atoms with Crippen LogP contribution in [0, 0.1) is 5.92 Å². The summed E-state index contributed by atoms with van der Waals surface area (Å²) in [5.41, 5.74) is -0.111. The van der Waals surface area contributed by atoms with E-state index in [1.54, 1.807) is 0 Å². The van der Waals surface area contributed by atoms with E-state index in [1.807, 2.05) is 20.8 Å². The van der Waals surface area contributed by atoms with Crippen LogP contribution >= 0.6 is 0 Å². The number of nitrogens with zero attached hydrogens (tertiary/aromatic N) is 1. The molecule has 0 aliphatic carbocycles. The molecule has 15 heavy (non-hydrogen) atoms. The first-order valence-electron chi connectivity index (χ1n) is 5.90. The molecular formula is C12H24N2O. The SMILES string of the molecule is CC1CCN(CC(=O)NC(C)(C)C)CC1. The fraction of sp³-hybridized carbons (Fsp3) is 0.917. The second kappa shape index (κ2) is 4.97. The summed E-state index contributed by atoms with van der Waals surface area (Å²) >= 11 is 0. The Morgan fingerprint density at radius 3 is 2.33 bits per heavy atom. The van der Waals surface area contributed by atoms with Crippen LogP contribution in [0.2, 0.25) is 0 Å². The Morgan fingerprint density at radius 1 is 1.33 bits per heavy atom. The smallest absolute Gasteiger partial charge is 0.234 e. The van der Waals surface area contributed by atoms with Crippen molar-refractivity contribution in [2.75, 3.05) is 19.6 Å². The van der Waals surface area contributed by atoms with Gasteiger partial charge in [-0.15, -0.1) is 0 Å². The van der Waals surface area contributed by atoms with E-state index in [0.29, 0.717) is 6.54 Å². The third-order valence-corrected chi connectivity index (χ3v) is 2.76. The standard InChI is InChI=1S/C12H24N2O/c1-10-5-7-14(8-6-10)9-11(15)13-12(2,3)4/h10H,5-9H2,1-4H3,(H,13,15). The monoisotopic (exact) mass is 212 g/mol. The summed E-state index contributed by atoms with van der Waals surface area (Å²) in [7, 11) is 0. The summed E-state index contributed by atoms with van der Waals surface area (Å²) in [5.74, 6) is 0.976. The van der Waals surface area contributed by atoms with E-state index < -0.39 is 0 Å². The third kappa shape index (κ3) is 5.17. The average molecular weight is 212 g/mol. The maximum absolute atomic E-state index is 11.7. The van der Waals surface area contributed by atoms with Crippen molar-refractivity contribution in [2.45, 2.75) is 46.1 Å². The Morgan fingerprint density at radius 2 is 1.87 bits per heavy atom. The van der Waals surface area contributed by atoms with Gasteiger partial charge in [0.1, 0.15) is 0 Å². The number of hydrogen-bond donors (Lipinski definition) is 1. The molecule has 0 aromatic rings. The van der Waals surface area contributed by atoms with Crippen molar-refractivity contribution >= 4 is 5.91 Å². The first-order valence-corrected chi connectivity index (χ1v) is 5.90. The lowest BCUT2D eigenvalue weighted by Crippen LogP contribution is -2.47. The highest BCUT2D eigenvalue weighted by molar-refractivity contribution is 5.78. The highest BCUT2D eigenvalue weighted by Crippen LogP contribution is 2.15. The average Bonchev–Trinajstić information content (AvgIpc) is 2.05. The molecule has 0 spiro atoms. The van der Waals surface area contributed by atoms with Gasteiger partial charge in [0.05, 0.1) is 6.54 Å². The summed E-state index contributed by atoms with van der Waals surface area (Å²) in [4.78, 5) is 13.9. The lowest BCUT2D eigenvalue weighted by molar-refractivity contribution is -0.124. The first-order chi connectivity index (χ1) is 6.87. The fourth-order valence-corrected chi connectivity index (χ4v) is 1.88. The molecule has 1 aliphatic heterocycles. The van der Waals surface area contributed by atoms with Gasteiger partial charge in [-0.05, 0) is 52.6 Å². The number of carbonyl (C=O) groups is 1. The lowest BCUT2D eigenvalue weighted by atomic mass is 9.99. The summed E-state index contributed by atoms with van der Waals surface area (Å²) < 4.78 is 0. The molecule has 3 heteroatoms. The van der Waals surface area contributed by atoms with E-state index in [-0.39, 0.29) is 11.4 Å². The van der Waals surface area contributed by atoms with Gasteiger partial charge in [0.2, 0.25) is 5.91 Å². The van der Waals surface area contributed by atoms with Gasteiger partial charge in [0.15, 0.2) is 0 Å². The van der Waals surface area contributed by atoms with E-state index in [2.05, 4.69) is 17.1 Å². The van der Waals surface area contributed by atoms with Gasteiger partial charge in [0, 0.05) is 5.54 Å². The van der Waals surface area contributed by atoms with Crippen LogP contribution < -0.4 is 5.32 Å². The van der Waals surface area contributed by atoms with Gasteiger partial charge in [-0.2, -0.15) is 0 Å². The van der Waals surface area contributed by atoms with Gasteiger partial charge in [-0.3, -0.25) is 9.69 Å². The predicted octanol–water partition coefficient (Wildman–Crippen LogP) is 1.63. The molecule has 1 fully saturated rings. The quantitative estimate of drug-likeness (QED) is 0.754. The third-order valence-electron chi connectivity index (χ3n) is 2.76. The number of piperidine rings is 1. The molecule has 1 N–H and O–H groups in total. The lowest BCUT2D eigenvalue weighted by Gasteiger charge is -2.30. The normalized spacial score (nSPS) is 20.3. The molecule has 1 heterocycles. The molecule has 1 amide bonds. The zero-order valence-electron chi connectivity index (χ0n) is 10.5. The van der Waals surface area contributed by atoms with Crippen LogP contribution in [-0.2, 0) is 4.79 Å². The minimum Gasteiger partial charge on any atom is -0.350 e. The van der Waals surface area contributed by atoms with E-state index in [0.717, 1.165) is 19.0 Å². The summed E-state index contributed by atoms with van der Waals surface area (Å²) in [6, 6.07) is 0. The van der Waals surface area contributed by atoms with Gasteiger partial charge in [0.25, 0.3) is 0 Å². The molecule has 3 nitrogen and oxygen atoms in total. The molecule has 88 valence electrons. The van der Waals surface area contributed by atoms with Gasteiger partial charge >= 0.3 is 0 Å². The number of rotatable bonds is 2. The summed E-state index contributed by atoms with van der Waals surface area (Å²) in [6.07, 6.45) is 2.45. The van der Waals surface area contributed by atoms with Crippen molar-refractivity contribution in [3.05, 3.63) is 0 Å². The molecule has 0 radical (unpaired) electrons. The zero-order valence-corrected chi connectivity index (χ0v) is 10.5. The minimum absolute atomic E-state index is 0.111. The molecule has 0 saturated carbocycles. The van der Waals surface area contributed by atoms with Crippen LogP contribution in [0.25, 0.3) is 0 Å². The Labute approximate surface area is 93.2 Å². The molecule has 0 aromatic carbocycles.